The summed E-state index contributed by atoms with van der Waals surface area (Å²) in [7, 11) is 1.57. The molecule has 0 bridgehead atoms. The van der Waals surface area contributed by atoms with Gasteiger partial charge in [-0.2, -0.15) is 0 Å². The summed E-state index contributed by atoms with van der Waals surface area (Å²) >= 11 is 0. The molecule has 5 heteroatoms. The van der Waals surface area contributed by atoms with E-state index in [0.717, 1.165) is 16.8 Å². The summed E-state index contributed by atoms with van der Waals surface area (Å²) in [5.41, 5.74) is 4.10. The largest absolute Gasteiger partial charge is 0.497 e. The van der Waals surface area contributed by atoms with E-state index in [1.165, 1.54) is 11.5 Å². The molecule has 1 aromatic heterocycles. The highest BCUT2D eigenvalue weighted by Crippen LogP contribution is 2.27. The van der Waals surface area contributed by atoms with Crippen LogP contribution >= 0.6 is 0 Å². The molecule has 0 aliphatic carbocycles. The Bertz CT molecular complexity index is 986. The van der Waals surface area contributed by atoms with E-state index in [0.29, 0.717) is 22.2 Å². The molecule has 1 N–H and O–H groups in total. The monoisotopic (exact) mass is 336 g/mol. The highest BCUT2D eigenvalue weighted by molar-refractivity contribution is 6.14. The van der Waals surface area contributed by atoms with Crippen LogP contribution in [0.4, 0.5) is 5.69 Å². The molecule has 0 atom stereocenters. The van der Waals surface area contributed by atoms with Gasteiger partial charge in [0.2, 0.25) is 5.91 Å². The predicted molar refractivity (Wildman–Crippen MR) is 98.7 cm³/mol. The lowest BCUT2D eigenvalue weighted by atomic mass is 10.1. The van der Waals surface area contributed by atoms with Crippen molar-refractivity contribution in [3.05, 3.63) is 59.3 Å². The fourth-order valence-corrected chi connectivity index (χ4v) is 2.80. The number of rotatable bonds is 3. The Kier molecular flexibility index (Phi) is 4.31. The van der Waals surface area contributed by atoms with Crippen LogP contribution in [0.25, 0.3) is 10.9 Å². The van der Waals surface area contributed by atoms with Gasteiger partial charge < -0.3 is 10.1 Å². The van der Waals surface area contributed by atoms with E-state index < -0.39 is 0 Å². The lowest BCUT2D eigenvalue weighted by Gasteiger charge is -2.07. The number of hydrogen-bond donors (Lipinski definition) is 1. The van der Waals surface area contributed by atoms with Gasteiger partial charge in [-0.15, -0.1) is 0 Å². The molecule has 1 amide bonds. The van der Waals surface area contributed by atoms with Gasteiger partial charge in [-0.25, -0.2) is 0 Å². The number of aromatic nitrogens is 1. The SMILES string of the molecule is COc1ccc2c(c1)c(C(=O)Nc1ccc(C)c(C)c1)cn2C(C)=O. The standard InChI is InChI=1S/C20H20N2O3/c1-12-5-6-15(9-13(12)2)21-20(24)18-11-22(14(3)23)19-8-7-16(25-4)10-17(18)19/h5-11H,1-4H3,(H,21,24). The molecule has 2 aromatic carbocycles. The minimum absolute atomic E-state index is 0.152. The lowest BCUT2D eigenvalue weighted by molar-refractivity contribution is 0.0941. The third kappa shape index (κ3) is 3.13. The number of hydrogen-bond acceptors (Lipinski definition) is 3. The van der Waals surface area contributed by atoms with E-state index in [4.69, 9.17) is 4.74 Å². The summed E-state index contributed by atoms with van der Waals surface area (Å²) < 4.78 is 6.72. The number of methoxy groups -OCH3 is 1. The number of amides is 1. The van der Waals surface area contributed by atoms with E-state index in [1.807, 2.05) is 32.0 Å². The summed E-state index contributed by atoms with van der Waals surface area (Å²) in [5.74, 6) is 0.218. The number of nitrogens with one attached hydrogen (secondary N) is 1. The predicted octanol–water partition coefficient (Wildman–Crippen LogP) is 4.18. The number of fused-ring (bicyclic) bond motifs is 1. The Morgan fingerprint density at radius 1 is 1.04 bits per heavy atom. The van der Waals surface area contributed by atoms with E-state index >= 15 is 0 Å². The summed E-state index contributed by atoms with van der Waals surface area (Å²) in [5, 5.41) is 3.58. The Morgan fingerprint density at radius 3 is 2.44 bits per heavy atom. The van der Waals surface area contributed by atoms with Gasteiger partial charge in [0.25, 0.3) is 5.91 Å². The smallest absolute Gasteiger partial charge is 0.257 e. The highest BCUT2D eigenvalue weighted by atomic mass is 16.5. The third-order valence-electron chi connectivity index (χ3n) is 4.36. The topological polar surface area (TPSA) is 60.3 Å². The fraction of sp³-hybridized carbons (Fsp3) is 0.200. The van der Waals surface area contributed by atoms with Gasteiger partial charge >= 0.3 is 0 Å². The molecule has 128 valence electrons. The molecule has 0 aliphatic rings. The number of ether oxygens (including phenoxy) is 1. The van der Waals surface area contributed by atoms with Crippen LogP contribution in [-0.4, -0.2) is 23.5 Å². The number of carbonyl (C=O) groups excluding carboxylic acids is 2. The molecule has 3 rings (SSSR count). The summed E-state index contributed by atoms with van der Waals surface area (Å²) in [4.78, 5) is 24.7. The Hall–Kier alpha value is -3.08. The molecule has 1 heterocycles. The van der Waals surface area contributed by atoms with Gasteiger partial charge in [0.1, 0.15) is 5.75 Å². The summed E-state index contributed by atoms with van der Waals surface area (Å²) in [6.45, 7) is 5.49. The van der Waals surface area contributed by atoms with E-state index in [2.05, 4.69) is 5.32 Å². The van der Waals surface area contributed by atoms with Crippen molar-refractivity contribution in [2.75, 3.05) is 12.4 Å². The van der Waals surface area contributed by atoms with Crippen molar-refractivity contribution in [3.63, 3.8) is 0 Å². The maximum atomic E-state index is 12.8. The zero-order valence-corrected chi connectivity index (χ0v) is 14.7. The molecule has 0 spiro atoms. The van der Waals surface area contributed by atoms with Crippen LogP contribution in [0.1, 0.15) is 33.2 Å². The molecule has 0 saturated heterocycles. The maximum absolute atomic E-state index is 12.8. The molecular weight excluding hydrogens is 316 g/mol. The van der Waals surface area contributed by atoms with Gasteiger partial charge in [-0.3, -0.25) is 14.2 Å². The van der Waals surface area contributed by atoms with Crippen molar-refractivity contribution in [1.82, 2.24) is 4.57 Å². The second-order valence-corrected chi connectivity index (χ2v) is 6.07. The molecule has 25 heavy (non-hydrogen) atoms. The van der Waals surface area contributed by atoms with Crippen LogP contribution in [0, 0.1) is 13.8 Å². The number of anilines is 1. The first-order valence-corrected chi connectivity index (χ1v) is 7.99. The molecule has 0 unspecified atom stereocenters. The molecule has 0 radical (unpaired) electrons. The van der Waals surface area contributed by atoms with Crippen LogP contribution in [0.3, 0.4) is 0 Å². The first-order valence-electron chi connectivity index (χ1n) is 7.99. The van der Waals surface area contributed by atoms with E-state index in [-0.39, 0.29) is 11.8 Å². The van der Waals surface area contributed by atoms with Crippen LogP contribution in [0.2, 0.25) is 0 Å². The zero-order chi connectivity index (χ0) is 18.1. The first-order chi connectivity index (χ1) is 11.9. The van der Waals surface area contributed by atoms with Gasteiger partial charge in [0, 0.05) is 24.2 Å². The van der Waals surface area contributed by atoms with Crippen LogP contribution < -0.4 is 10.1 Å². The number of benzene rings is 2. The number of nitrogens with zero attached hydrogens (tertiary/aromatic N) is 1. The van der Waals surface area contributed by atoms with Crippen molar-refractivity contribution in [2.45, 2.75) is 20.8 Å². The average molecular weight is 336 g/mol. The average Bonchev–Trinajstić information content (AvgIpc) is 2.97. The Morgan fingerprint density at radius 2 is 1.80 bits per heavy atom. The molecule has 3 aromatic rings. The van der Waals surface area contributed by atoms with Gasteiger partial charge in [-0.05, 0) is 55.3 Å². The lowest BCUT2D eigenvalue weighted by Crippen LogP contribution is -2.12. The van der Waals surface area contributed by atoms with Crippen molar-refractivity contribution in [2.24, 2.45) is 0 Å². The minimum atomic E-state index is -0.262. The van der Waals surface area contributed by atoms with Crippen LogP contribution in [0.5, 0.6) is 5.75 Å². The zero-order valence-electron chi connectivity index (χ0n) is 14.7. The van der Waals surface area contributed by atoms with Gasteiger partial charge in [0.05, 0.1) is 18.2 Å². The summed E-state index contributed by atoms with van der Waals surface area (Å²) in [6.07, 6.45) is 1.57. The molecule has 0 fully saturated rings. The van der Waals surface area contributed by atoms with Gasteiger partial charge in [-0.1, -0.05) is 6.07 Å². The quantitative estimate of drug-likeness (QED) is 0.780. The van der Waals surface area contributed by atoms with E-state index in [9.17, 15) is 9.59 Å². The van der Waals surface area contributed by atoms with Crippen LogP contribution in [0.15, 0.2) is 42.6 Å². The third-order valence-corrected chi connectivity index (χ3v) is 4.36. The summed E-state index contributed by atoms with van der Waals surface area (Å²) in [6, 6.07) is 11.1. The molecule has 0 aliphatic heterocycles. The van der Waals surface area contributed by atoms with Gasteiger partial charge in [0.15, 0.2) is 0 Å². The molecule has 5 nitrogen and oxygen atoms in total. The second kappa shape index (κ2) is 6.43. The maximum Gasteiger partial charge on any atom is 0.257 e. The normalized spacial score (nSPS) is 10.7. The highest BCUT2D eigenvalue weighted by Gasteiger charge is 2.18. The number of carbonyl (C=O) groups is 2. The Labute approximate surface area is 146 Å². The number of aryl methyl sites for hydroxylation is 2. The second-order valence-electron chi connectivity index (χ2n) is 6.07. The van der Waals surface area contributed by atoms with Crippen LogP contribution in [-0.2, 0) is 0 Å². The first kappa shape index (κ1) is 16.8. The van der Waals surface area contributed by atoms with Crippen molar-refractivity contribution >= 4 is 28.4 Å². The van der Waals surface area contributed by atoms with E-state index in [1.54, 1.807) is 31.5 Å². The minimum Gasteiger partial charge on any atom is -0.497 e. The molecular formula is C20H20N2O3. The van der Waals surface area contributed by atoms with Crippen molar-refractivity contribution < 1.29 is 14.3 Å². The molecule has 0 saturated carbocycles. The Balaban J connectivity index is 2.05. The fourth-order valence-electron chi connectivity index (χ4n) is 2.80. The van der Waals surface area contributed by atoms with Crippen molar-refractivity contribution in [1.29, 1.82) is 0 Å². The van der Waals surface area contributed by atoms with Crippen molar-refractivity contribution in [3.8, 4) is 5.75 Å².